The first-order chi connectivity index (χ1) is 13.7. The third-order valence-corrected chi connectivity index (χ3v) is 4.96. The third-order valence-electron chi connectivity index (χ3n) is 4.96. The van der Waals surface area contributed by atoms with Crippen molar-refractivity contribution in [1.82, 2.24) is 9.80 Å². The summed E-state index contributed by atoms with van der Waals surface area (Å²) in [5.74, 6) is 1.93. The summed E-state index contributed by atoms with van der Waals surface area (Å²) < 4.78 is 10.3. The third kappa shape index (κ3) is 12.7. The van der Waals surface area contributed by atoms with Crippen molar-refractivity contribution in [2.24, 2.45) is 17.8 Å². The fourth-order valence-corrected chi connectivity index (χ4v) is 2.99. The van der Waals surface area contributed by atoms with Crippen LogP contribution in [-0.4, -0.2) is 60.9 Å². The number of hydrogen-bond acceptors (Lipinski definition) is 4. The fourth-order valence-electron chi connectivity index (χ4n) is 2.99. The van der Waals surface area contributed by atoms with Gasteiger partial charge in [0.1, 0.15) is 0 Å². The monoisotopic (exact) mass is 414 g/mol. The minimum atomic E-state index is -0.151. The fraction of sp³-hybridized carbons (Fsp3) is 0.913. The molecule has 0 atom stereocenters. The smallest absolute Gasteiger partial charge is 0.410 e. The molecule has 2 aliphatic rings. The van der Waals surface area contributed by atoms with Gasteiger partial charge in [-0.05, 0) is 57.3 Å². The lowest BCUT2D eigenvalue weighted by molar-refractivity contribution is 0.0664. The molecular formula is C23H46N2O4. The summed E-state index contributed by atoms with van der Waals surface area (Å²) in [4.78, 5) is 26.6. The molecule has 2 heterocycles. The van der Waals surface area contributed by atoms with Crippen molar-refractivity contribution in [3.05, 3.63) is 0 Å². The van der Waals surface area contributed by atoms with E-state index in [-0.39, 0.29) is 18.3 Å². The van der Waals surface area contributed by atoms with Gasteiger partial charge in [-0.1, -0.05) is 41.5 Å². The van der Waals surface area contributed by atoms with Crippen molar-refractivity contribution >= 4 is 12.2 Å². The molecule has 2 fully saturated rings. The molecule has 0 aromatic heterocycles. The Morgan fingerprint density at radius 2 is 1.17 bits per heavy atom. The average Bonchev–Trinajstić information content (AvgIpc) is 2.68. The van der Waals surface area contributed by atoms with Gasteiger partial charge >= 0.3 is 12.2 Å². The lowest BCUT2D eigenvalue weighted by Crippen LogP contribution is -2.39. The molecule has 29 heavy (non-hydrogen) atoms. The van der Waals surface area contributed by atoms with Gasteiger partial charge in [-0.3, -0.25) is 0 Å². The van der Waals surface area contributed by atoms with E-state index in [2.05, 4.69) is 13.8 Å². The van der Waals surface area contributed by atoms with Crippen LogP contribution in [0.3, 0.4) is 0 Å². The van der Waals surface area contributed by atoms with Gasteiger partial charge < -0.3 is 19.3 Å². The summed E-state index contributed by atoms with van der Waals surface area (Å²) in [6.07, 6.45) is 4.13. The molecule has 0 aliphatic carbocycles. The number of carbonyl (C=O) groups is 2. The van der Waals surface area contributed by atoms with Gasteiger partial charge in [0, 0.05) is 26.2 Å². The number of ether oxygens (including phenoxy) is 2. The second kappa shape index (κ2) is 15.4. The Labute approximate surface area is 179 Å². The van der Waals surface area contributed by atoms with Crippen LogP contribution in [0, 0.1) is 17.8 Å². The molecule has 2 amide bonds. The number of amides is 2. The highest BCUT2D eigenvalue weighted by Crippen LogP contribution is 2.17. The lowest BCUT2D eigenvalue weighted by atomic mass is 10.00. The van der Waals surface area contributed by atoms with Gasteiger partial charge in [-0.2, -0.15) is 0 Å². The molecule has 0 aromatic carbocycles. The zero-order valence-electron chi connectivity index (χ0n) is 20.2. The molecule has 6 heteroatoms. The number of rotatable bonds is 3. The zero-order chi connectivity index (χ0) is 22.4. The molecule has 0 aromatic rings. The minimum Gasteiger partial charge on any atom is -0.449 e. The van der Waals surface area contributed by atoms with Gasteiger partial charge in [-0.15, -0.1) is 0 Å². The van der Waals surface area contributed by atoms with Crippen molar-refractivity contribution in [3.8, 4) is 0 Å². The second-order valence-electron chi connectivity index (χ2n) is 8.74. The van der Waals surface area contributed by atoms with E-state index in [1.807, 2.05) is 46.4 Å². The number of nitrogens with zero attached hydrogens (tertiary/aromatic N) is 2. The summed E-state index contributed by atoms with van der Waals surface area (Å²) in [6.45, 7) is 20.3. The van der Waals surface area contributed by atoms with Crippen LogP contribution in [0.2, 0.25) is 0 Å². The maximum absolute atomic E-state index is 11.5. The molecule has 0 radical (unpaired) electrons. The van der Waals surface area contributed by atoms with E-state index in [9.17, 15) is 9.59 Å². The van der Waals surface area contributed by atoms with Crippen LogP contribution in [0.15, 0.2) is 0 Å². The van der Waals surface area contributed by atoms with Crippen LogP contribution in [0.1, 0.15) is 81.1 Å². The SMILES string of the molecule is CC.CC(C)COC(=O)N1CCC(C)CC1.CC1CCN(C(=O)OC(C)C)CC1. The second-order valence-corrected chi connectivity index (χ2v) is 8.74. The van der Waals surface area contributed by atoms with E-state index in [4.69, 9.17) is 9.47 Å². The van der Waals surface area contributed by atoms with Gasteiger partial charge in [0.15, 0.2) is 0 Å². The maximum Gasteiger partial charge on any atom is 0.410 e. The summed E-state index contributed by atoms with van der Waals surface area (Å²) in [5.41, 5.74) is 0. The Balaban J connectivity index is 0.000000499. The molecule has 2 saturated heterocycles. The van der Waals surface area contributed by atoms with Crippen LogP contribution < -0.4 is 0 Å². The summed E-state index contributed by atoms with van der Waals surface area (Å²) >= 11 is 0. The quantitative estimate of drug-likeness (QED) is 0.585. The normalized spacial score (nSPS) is 17.9. The van der Waals surface area contributed by atoms with E-state index < -0.39 is 0 Å². The maximum atomic E-state index is 11.5. The highest BCUT2D eigenvalue weighted by molar-refractivity contribution is 5.68. The van der Waals surface area contributed by atoms with Gasteiger partial charge in [0.2, 0.25) is 0 Å². The van der Waals surface area contributed by atoms with E-state index in [0.29, 0.717) is 12.5 Å². The van der Waals surface area contributed by atoms with Crippen LogP contribution >= 0.6 is 0 Å². The van der Waals surface area contributed by atoms with E-state index in [1.165, 1.54) is 0 Å². The molecule has 2 rings (SSSR count). The van der Waals surface area contributed by atoms with E-state index >= 15 is 0 Å². The van der Waals surface area contributed by atoms with E-state index in [0.717, 1.165) is 63.7 Å². The molecule has 0 unspecified atom stereocenters. The Hall–Kier alpha value is -1.46. The van der Waals surface area contributed by atoms with Gasteiger partial charge in [-0.25, -0.2) is 9.59 Å². The number of likely N-dealkylation sites (tertiary alicyclic amines) is 2. The Kier molecular flexibility index (Phi) is 14.6. The molecule has 2 aliphatic heterocycles. The topological polar surface area (TPSA) is 59.1 Å². The summed E-state index contributed by atoms with van der Waals surface area (Å²) in [7, 11) is 0. The van der Waals surface area contributed by atoms with Crippen molar-refractivity contribution in [2.45, 2.75) is 87.2 Å². The lowest BCUT2D eigenvalue weighted by Gasteiger charge is -2.30. The number of carbonyl (C=O) groups excluding carboxylic acids is 2. The van der Waals surface area contributed by atoms with Crippen LogP contribution in [0.5, 0.6) is 0 Å². The van der Waals surface area contributed by atoms with Crippen molar-refractivity contribution in [3.63, 3.8) is 0 Å². The van der Waals surface area contributed by atoms with Crippen molar-refractivity contribution < 1.29 is 19.1 Å². The first-order valence-corrected chi connectivity index (χ1v) is 11.6. The Morgan fingerprint density at radius 3 is 1.52 bits per heavy atom. The van der Waals surface area contributed by atoms with Crippen molar-refractivity contribution in [2.75, 3.05) is 32.8 Å². The van der Waals surface area contributed by atoms with Crippen molar-refractivity contribution in [1.29, 1.82) is 0 Å². The number of piperidine rings is 2. The first-order valence-electron chi connectivity index (χ1n) is 11.6. The molecule has 0 saturated carbocycles. The summed E-state index contributed by atoms with van der Waals surface area (Å²) in [5, 5.41) is 0. The molecule has 0 N–H and O–H groups in total. The predicted molar refractivity (Wildman–Crippen MR) is 119 cm³/mol. The van der Waals surface area contributed by atoms with E-state index in [1.54, 1.807) is 4.90 Å². The predicted octanol–water partition coefficient (Wildman–Crippen LogP) is 5.80. The summed E-state index contributed by atoms with van der Waals surface area (Å²) in [6, 6.07) is 0. The van der Waals surface area contributed by atoms with Gasteiger partial charge in [0.05, 0.1) is 12.7 Å². The first kappa shape index (κ1) is 27.5. The van der Waals surface area contributed by atoms with Crippen LogP contribution in [-0.2, 0) is 9.47 Å². The highest BCUT2D eigenvalue weighted by atomic mass is 16.6. The average molecular weight is 415 g/mol. The minimum absolute atomic E-state index is 0.00755. The van der Waals surface area contributed by atoms with Crippen LogP contribution in [0.25, 0.3) is 0 Å². The number of hydrogen-bond donors (Lipinski definition) is 0. The Morgan fingerprint density at radius 1 is 0.793 bits per heavy atom. The largest absolute Gasteiger partial charge is 0.449 e. The molecule has 6 nitrogen and oxygen atoms in total. The standard InChI is InChI=1S/C11H21NO2.C10H19NO2.C2H6/c1-9(2)8-14-11(13)12-6-4-10(3)5-7-12;1-8(2)13-10(12)11-6-4-9(3)5-7-11;1-2/h9-10H,4-8H2,1-3H3;8-9H,4-7H2,1-3H3;1-2H3. The van der Waals surface area contributed by atoms with Crippen LogP contribution in [0.4, 0.5) is 9.59 Å². The Bertz CT molecular complexity index is 438. The van der Waals surface area contributed by atoms with Gasteiger partial charge in [0.25, 0.3) is 0 Å². The zero-order valence-corrected chi connectivity index (χ0v) is 20.2. The molecule has 172 valence electrons. The molecule has 0 spiro atoms. The molecule has 0 bridgehead atoms. The highest BCUT2D eigenvalue weighted by Gasteiger charge is 2.22. The molecular weight excluding hydrogens is 368 g/mol.